The normalized spacial score (nSPS) is 17.5. The van der Waals surface area contributed by atoms with E-state index in [1.54, 1.807) is 7.11 Å². The van der Waals surface area contributed by atoms with Crippen LogP contribution in [0.25, 0.3) is 0 Å². The number of anilines is 1. The van der Waals surface area contributed by atoms with Gasteiger partial charge in [0.1, 0.15) is 18.0 Å². The third-order valence-corrected chi connectivity index (χ3v) is 5.18. The minimum Gasteiger partial charge on any atom is -0.492 e. The first-order valence-corrected chi connectivity index (χ1v) is 9.89. The molecule has 1 atom stereocenters. The third kappa shape index (κ3) is 6.29. The van der Waals surface area contributed by atoms with Gasteiger partial charge in [0, 0.05) is 19.3 Å². The smallest absolute Gasteiger partial charge is 0.256 e. The maximum absolute atomic E-state index is 12.5. The second-order valence-corrected chi connectivity index (χ2v) is 7.27. The molecule has 1 aromatic carbocycles. The van der Waals surface area contributed by atoms with E-state index in [0.29, 0.717) is 13.0 Å². The third-order valence-electron chi connectivity index (χ3n) is 5.18. The Morgan fingerprint density at radius 1 is 1.19 bits per heavy atom. The van der Waals surface area contributed by atoms with Crippen LogP contribution < -0.4 is 10.1 Å². The molecular weight excluding hydrogens is 328 g/mol. The Morgan fingerprint density at radius 2 is 1.88 bits per heavy atom. The number of hydrogen-bond donors (Lipinski definition) is 1. The number of nitrogens with zero attached hydrogens (tertiary/aromatic N) is 1. The Kier molecular flexibility index (Phi) is 8.39. The van der Waals surface area contributed by atoms with Gasteiger partial charge in [-0.1, -0.05) is 26.2 Å². The standard InChI is InChI=1S/C21H34N2O3/c1-4-5-13-21(2,25-3)20(24)22-18-9-11-19(12-10-18)26-17-16-23-14-7-6-8-15-23/h9-12H,4-8,13-17H2,1-3H3,(H,22,24). The van der Waals surface area contributed by atoms with Gasteiger partial charge in [-0.25, -0.2) is 0 Å². The largest absolute Gasteiger partial charge is 0.492 e. The molecule has 1 aromatic rings. The monoisotopic (exact) mass is 362 g/mol. The van der Waals surface area contributed by atoms with Gasteiger partial charge in [0.15, 0.2) is 0 Å². The van der Waals surface area contributed by atoms with Gasteiger partial charge < -0.3 is 14.8 Å². The van der Waals surface area contributed by atoms with Crippen molar-refractivity contribution in [3.05, 3.63) is 24.3 Å². The summed E-state index contributed by atoms with van der Waals surface area (Å²) < 4.78 is 11.3. The number of benzene rings is 1. The quantitative estimate of drug-likeness (QED) is 0.681. The van der Waals surface area contributed by atoms with Gasteiger partial charge in [-0.15, -0.1) is 0 Å². The van der Waals surface area contributed by atoms with Crippen LogP contribution in [-0.4, -0.2) is 49.8 Å². The van der Waals surface area contributed by atoms with E-state index in [0.717, 1.165) is 30.8 Å². The van der Waals surface area contributed by atoms with Crippen molar-refractivity contribution in [2.45, 2.75) is 58.0 Å². The minimum absolute atomic E-state index is 0.104. The molecule has 0 saturated carbocycles. The molecule has 1 fully saturated rings. The van der Waals surface area contributed by atoms with E-state index in [9.17, 15) is 4.79 Å². The zero-order chi connectivity index (χ0) is 18.8. The lowest BCUT2D eigenvalue weighted by Gasteiger charge is -2.27. The number of rotatable bonds is 10. The Hall–Kier alpha value is -1.59. The highest BCUT2D eigenvalue weighted by Crippen LogP contribution is 2.22. The lowest BCUT2D eigenvalue weighted by Crippen LogP contribution is -2.41. The van der Waals surface area contributed by atoms with Gasteiger partial charge in [-0.2, -0.15) is 0 Å². The molecule has 1 N–H and O–H groups in total. The molecular formula is C21H34N2O3. The van der Waals surface area contributed by atoms with Gasteiger partial charge >= 0.3 is 0 Å². The summed E-state index contributed by atoms with van der Waals surface area (Å²) in [5.74, 6) is 0.729. The topological polar surface area (TPSA) is 50.8 Å². The molecule has 146 valence electrons. The predicted octanol–water partition coefficient (Wildman–Crippen LogP) is 4.09. The molecule has 1 heterocycles. The first-order valence-electron chi connectivity index (χ1n) is 9.89. The summed E-state index contributed by atoms with van der Waals surface area (Å²) >= 11 is 0. The highest BCUT2D eigenvalue weighted by atomic mass is 16.5. The van der Waals surface area contributed by atoms with E-state index >= 15 is 0 Å². The molecule has 1 saturated heterocycles. The average molecular weight is 363 g/mol. The fraction of sp³-hybridized carbons (Fsp3) is 0.667. The highest BCUT2D eigenvalue weighted by molar-refractivity contribution is 5.97. The molecule has 0 radical (unpaired) electrons. The van der Waals surface area contributed by atoms with Gasteiger partial charge in [0.25, 0.3) is 5.91 Å². The summed E-state index contributed by atoms with van der Waals surface area (Å²) in [6.07, 6.45) is 6.66. The predicted molar refractivity (Wildman–Crippen MR) is 106 cm³/mol. The lowest BCUT2D eigenvalue weighted by molar-refractivity contribution is -0.136. The van der Waals surface area contributed by atoms with Crippen LogP contribution in [0.4, 0.5) is 5.69 Å². The van der Waals surface area contributed by atoms with Crippen molar-refractivity contribution in [2.24, 2.45) is 0 Å². The van der Waals surface area contributed by atoms with Crippen molar-refractivity contribution in [3.63, 3.8) is 0 Å². The fourth-order valence-electron chi connectivity index (χ4n) is 3.20. The highest BCUT2D eigenvalue weighted by Gasteiger charge is 2.32. The van der Waals surface area contributed by atoms with Crippen LogP contribution >= 0.6 is 0 Å². The molecule has 5 heteroatoms. The molecule has 1 aliphatic heterocycles. The van der Waals surface area contributed by atoms with E-state index in [2.05, 4.69) is 17.1 Å². The van der Waals surface area contributed by atoms with Crippen LogP contribution in [0.1, 0.15) is 52.4 Å². The number of amides is 1. The number of carbonyl (C=O) groups excluding carboxylic acids is 1. The van der Waals surface area contributed by atoms with Gasteiger partial charge in [0.05, 0.1) is 0 Å². The Morgan fingerprint density at radius 3 is 2.50 bits per heavy atom. The van der Waals surface area contributed by atoms with Crippen LogP contribution in [0.15, 0.2) is 24.3 Å². The molecule has 0 aliphatic carbocycles. The van der Waals surface area contributed by atoms with Crippen LogP contribution in [-0.2, 0) is 9.53 Å². The summed E-state index contributed by atoms with van der Waals surface area (Å²) in [6.45, 7) is 8.00. The summed E-state index contributed by atoms with van der Waals surface area (Å²) in [5.41, 5.74) is -0.0299. The summed E-state index contributed by atoms with van der Waals surface area (Å²) in [4.78, 5) is 15.0. The maximum atomic E-state index is 12.5. The number of piperidine rings is 1. The molecule has 1 amide bonds. The Labute approximate surface area is 158 Å². The van der Waals surface area contributed by atoms with Crippen molar-refractivity contribution >= 4 is 11.6 Å². The van der Waals surface area contributed by atoms with Crippen LogP contribution in [0.3, 0.4) is 0 Å². The molecule has 0 bridgehead atoms. The van der Waals surface area contributed by atoms with E-state index in [-0.39, 0.29) is 5.91 Å². The number of likely N-dealkylation sites (tertiary alicyclic amines) is 1. The molecule has 1 aliphatic rings. The zero-order valence-corrected chi connectivity index (χ0v) is 16.6. The number of hydrogen-bond acceptors (Lipinski definition) is 4. The molecule has 0 spiro atoms. The van der Waals surface area contributed by atoms with E-state index < -0.39 is 5.60 Å². The first kappa shape index (κ1) is 20.7. The second-order valence-electron chi connectivity index (χ2n) is 7.27. The number of methoxy groups -OCH3 is 1. The molecule has 26 heavy (non-hydrogen) atoms. The van der Waals surface area contributed by atoms with E-state index in [1.807, 2.05) is 31.2 Å². The number of carbonyl (C=O) groups is 1. The Bertz CT molecular complexity index is 541. The van der Waals surface area contributed by atoms with Crippen molar-refractivity contribution in [1.29, 1.82) is 0 Å². The van der Waals surface area contributed by atoms with E-state index in [4.69, 9.17) is 9.47 Å². The zero-order valence-electron chi connectivity index (χ0n) is 16.6. The lowest BCUT2D eigenvalue weighted by atomic mass is 9.97. The number of unbranched alkanes of at least 4 members (excludes halogenated alkanes) is 1. The summed E-state index contributed by atoms with van der Waals surface area (Å²) in [5, 5.41) is 2.95. The average Bonchev–Trinajstić information content (AvgIpc) is 2.68. The van der Waals surface area contributed by atoms with Crippen molar-refractivity contribution in [2.75, 3.05) is 38.7 Å². The fourth-order valence-corrected chi connectivity index (χ4v) is 3.20. The summed E-state index contributed by atoms with van der Waals surface area (Å²) in [7, 11) is 1.59. The van der Waals surface area contributed by atoms with Crippen LogP contribution in [0.2, 0.25) is 0 Å². The van der Waals surface area contributed by atoms with Crippen molar-refractivity contribution in [3.8, 4) is 5.75 Å². The molecule has 2 rings (SSSR count). The van der Waals surface area contributed by atoms with E-state index in [1.165, 1.54) is 32.4 Å². The van der Waals surface area contributed by atoms with Crippen molar-refractivity contribution < 1.29 is 14.3 Å². The molecule has 1 unspecified atom stereocenters. The summed E-state index contributed by atoms with van der Waals surface area (Å²) in [6, 6.07) is 7.57. The maximum Gasteiger partial charge on any atom is 0.256 e. The second kappa shape index (κ2) is 10.5. The van der Waals surface area contributed by atoms with Crippen LogP contribution in [0.5, 0.6) is 5.75 Å². The van der Waals surface area contributed by atoms with Gasteiger partial charge in [0.2, 0.25) is 0 Å². The first-order chi connectivity index (χ1) is 12.6. The Balaban J connectivity index is 1.79. The SMILES string of the molecule is CCCCC(C)(OC)C(=O)Nc1ccc(OCCN2CCCCC2)cc1. The number of ether oxygens (including phenoxy) is 2. The molecule has 5 nitrogen and oxygen atoms in total. The number of nitrogens with one attached hydrogen (secondary N) is 1. The van der Waals surface area contributed by atoms with Crippen molar-refractivity contribution in [1.82, 2.24) is 4.90 Å². The van der Waals surface area contributed by atoms with Gasteiger partial charge in [-0.05, 0) is 63.5 Å². The molecule has 0 aromatic heterocycles. The van der Waals surface area contributed by atoms with Gasteiger partial charge in [-0.3, -0.25) is 9.69 Å². The minimum atomic E-state index is -0.792. The van der Waals surface area contributed by atoms with Crippen LogP contribution in [0, 0.1) is 0 Å².